The van der Waals surface area contributed by atoms with E-state index in [9.17, 15) is 4.79 Å². The van der Waals surface area contributed by atoms with Crippen molar-refractivity contribution in [3.63, 3.8) is 0 Å². The Morgan fingerprint density at radius 2 is 1.81 bits per heavy atom. The highest BCUT2D eigenvalue weighted by Gasteiger charge is 2.28. The Morgan fingerprint density at radius 3 is 2.48 bits per heavy atom. The van der Waals surface area contributed by atoms with Gasteiger partial charge in [0.1, 0.15) is 0 Å². The lowest BCUT2D eigenvalue weighted by atomic mass is 9.88. The zero-order valence-electron chi connectivity index (χ0n) is 13.2. The Labute approximate surface area is 128 Å². The Hall–Kier alpha value is -0.610. The van der Waals surface area contributed by atoms with Gasteiger partial charge in [-0.1, -0.05) is 19.3 Å². The monoisotopic (exact) mass is 294 g/mol. The first-order chi connectivity index (χ1) is 10.3. The van der Waals surface area contributed by atoms with Crippen molar-refractivity contribution in [2.45, 2.75) is 57.4 Å². The summed E-state index contributed by atoms with van der Waals surface area (Å²) in [5.74, 6) is 1.30. The zero-order valence-corrected chi connectivity index (χ0v) is 13.2. The third-order valence-electron chi connectivity index (χ3n) is 5.61. The second-order valence-corrected chi connectivity index (χ2v) is 7.08. The van der Waals surface area contributed by atoms with Gasteiger partial charge in [0, 0.05) is 25.1 Å². The van der Waals surface area contributed by atoms with Crippen LogP contribution in [0, 0.1) is 11.8 Å². The van der Waals surface area contributed by atoms with Crippen LogP contribution < -0.4 is 5.32 Å². The van der Waals surface area contributed by atoms with E-state index in [2.05, 4.69) is 10.2 Å². The van der Waals surface area contributed by atoms with E-state index in [-0.39, 0.29) is 0 Å². The van der Waals surface area contributed by atoms with Crippen LogP contribution in [0.15, 0.2) is 0 Å². The van der Waals surface area contributed by atoms with Crippen LogP contribution in [0.2, 0.25) is 0 Å². The van der Waals surface area contributed by atoms with Crippen molar-refractivity contribution >= 4 is 5.91 Å². The van der Waals surface area contributed by atoms with Gasteiger partial charge in [-0.05, 0) is 51.1 Å². The molecule has 1 N–H and O–H groups in total. The number of nitrogens with zero attached hydrogens (tertiary/aromatic N) is 1. The topological polar surface area (TPSA) is 41.6 Å². The van der Waals surface area contributed by atoms with E-state index >= 15 is 0 Å². The van der Waals surface area contributed by atoms with Gasteiger partial charge in [0.05, 0.1) is 6.61 Å². The van der Waals surface area contributed by atoms with Crippen LogP contribution in [0.25, 0.3) is 0 Å². The van der Waals surface area contributed by atoms with Gasteiger partial charge in [0.25, 0.3) is 0 Å². The summed E-state index contributed by atoms with van der Waals surface area (Å²) in [7, 11) is 0. The summed E-state index contributed by atoms with van der Waals surface area (Å²) in [5.41, 5.74) is 0. The minimum Gasteiger partial charge on any atom is -0.380 e. The molecule has 2 aliphatic heterocycles. The van der Waals surface area contributed by atoms with Crippen LogP contribution in [-0.4, -0.2) is 49.7 Å². The molecule has 0 bridgehead atoms. The molecule has 0 unspecified atom stereocenters. The summed E-state index contributed by atoms with van der Waals surface area (Å²) >= 11 is 0. The molecular weight excluding hydrogens is 264 g/mol. The molecule has 0 aromatic heterocycles. The average Bonchev–Trinajstić information content (AvgIpc) is 3.08. The van der Waals surface area contributed by atoms with Gasteiger partial charge >= 0.3 is 0 Å². The second kappa shape index (κ2) is 7.59. The van der Waals surface area contributed by atoms with Gasteiger partial charge in [0.2, 0.25) is 5.91 Å². The summed E-state index contributed by atoms with van der Waals surface area (Å²) < 4.78 is 5.48. The molecule has 0 aromatic carbocycles. The minimum atomic E-state index is 0.300. The number of hydrogen-bond donors (Lipinski definition) is 1. The molecule has 1 atom stereocenters. The van der Waals surface area contributed by atoms with E-state index in [4.69, 9.17) is 4.74 Å². The summed E-state index contributed by atoms with van der Waals surface area (Å²) in [6, 6.07) is 0.655. The molecule has 3 aliphatic rings. The number of carbonyl (C=O) groups excluding carboxylic acids is 1. The van der Waals surface area contributed by atoms with Crippen LogP contribution >= 0.6 is 0 Å². The first-order valence-corrected chi connectivity index (χ1v) is 8.92. The van der Waals surface area contributed by atoms with Crippen LogP contribution in [0.3, 0.4) is 0 Å². The minimum absolute atomic E-state index is 0.300. The number of rotatable bonds is 4. The Kier molecular flexibility index (Phi) is 5.53. The molecule has 0 spiro atoms. The molecule has 1 amide bonds. The fourth-order valence-electron chi connectivity index (χ4n) is 4.09. The molecule has 2 saturated heterocycles. The summed E-state index contributed by atoms with van der Waals surface area (Å²) in [6.07, 6.45) is 9.64. The summed E-state index contributed by atoms with van der Waals surface area (Å²) in [5, 5.41) is 3.22. The lowest BCUT2D eigenvalue weighted by molar-refractivity contribution is -0.126. The van der Waals surface area contributed by atoms with E-state index in [1.807, 2.05) is 0 Å². The molecule has 0 aromatic rings. The molecule has 2 heterocycles. The predicted molar refractivity (Wildman–Crippen MR) is 83.1 cm³/mol. The molecule has 3 fully saturated rings. The Morgan fingerprint density at radius 1 is 1.05 bits per heavy atom. The highest BCUT2D eigenvalue weighted by molar-refractivity contribution is 5.78. The molecule has 4 heteroatoms. The number of piperidine rings is 1. The third-order valence-corrected chi connectivity index (χ3v) is 5.61. The molecule has 3 rings (SSSR count). The third kappa shape index (κ3) is 4.19. The van der Waals surface area contributed by atoms with Crippen molar-refractivity contribution in [1.29, 1.82) is 0 Å². The second-order valence-electron chi connectivity index (χ2n) is 7.08. The molecule has 1 saturated carbocycles. The SMILES string of the molecule is O=C(NCC1CCN([C@H]2CCOC2)CC1)C1CCCCC1. The van der Waals surface area contributed by atoms with Gasteiger partial charge in [0.15, 0.2) is 0 Å². The van der Waals surface area contributed by atoms with Crippen molar-refractivity contribution in [3.8, 4) is 0 Å². The average molecular weight is 294 g/mol. The number of nitrogens with one attached hydrogen (secondary N) is 1. The van der Waals surface area contributed by atoms with E-state index < -0.39 is 0 Å². The molecule has 4 nitrogen and oxygen atoms in total. The van der Waals surface area contributed by atoms with Gasteiger partial charge in [-0.15, -0.1) is 0 Å². The summed E-state index contributed by atoms with van der Waals surface area (Å²) in [6.45, 7) is 5.10. The van der Waals surface area contributed by atoms with Gasteiger partial charge in [-0.2, -0.15) is 0 Å². The zero-order chi connectivity index (χ0) is 14.5. The Balaban J connectivity index is 1.34. The largest absolute Gasteiger partial charge is 0.380 e. The normalized spacial score (nSPS) is 29.6. The van der Waals surface area contributed by atoms with Crippen molar-refractivity contribution in [3.05, 3.63) is 0 Å². The van der Waals surface area contributed by atoms with Gasteiger partial charge in [-0.25, -0.2) is 0 Å². The fourth-order valence-corrected chi connectivity index (χ4v) is 4.09. The number of hydrogen-bond acceptors (Lipinski definition) is 3. The fraction of sp³-hybridized carbons (Fsp3) is 0.941. The van der Waals surface area contributed by atoms with E-state index in [0.717, 1.165) is 32.6 Å². The van der Waals surface area contributed by atoms with Crippen LogP contribution in [-0.2, 0) is 9.53 Å². The number of likely N-dealkylation sites (tertiary alicyclic amines) is 1. The maximum atomic E-state index is 12.2. The molecule has 120 valence electrons. The maximum Gasteiger partial charge on any atom is 0.223 e. The number of carbonyl (C=O) groups is 1. The highest BCUT2D eigenvalue weighted by atomic mass is 16.5. The Bertz CT molecular complexity index is 328. The standard InChI is InChI=1S/C17H30N2O2/c20-17(15-4-2-1-3-5-15)18-12-14-6-9-19(10-7-14)16-8-11-21-13-16/h14-16H,1-13H2,(H,18,20)/t16-/m0/s1. The van der Waals surface area contributed by atoms with Crippen molar-refractivity contribution < 1.29 is 9.53 Å². The van der Waals surface area contributed by atoms with E-state index in [0.29, 0.717) is 23.8 Å². The molecule has 0 radical (unpaired) electrons. The smallest absolute Gasteiger partial charge is 0.223 e. The quantitative estimate of drug-likeness (QED) is 0.864. The molecule has 21 heavy (non-hydrogen) atoms. The van der Waals surface area contributed by atoms with Gasteiger partial charge < -0.3 is 10.1 Å². The number of ether oxygens (including phenoxy) is 1. The highest BCUT2D eigenvalue weighted by Crippen LogP contribution is 2.25. The lowest BCUT2D eigenvalue weighted by Crippen LogP contribution is -2.44. The van der Waals surface area contributed by atoms with Crippen LogP contribution in [0.1, 0.15) is 51.4 Å². The van der Waals surface area contributed by atoms with Crippen LogP contribution in [0.5, 0.6) is 0 Å². The molecule has 1 aliphatic carbocycles. The molecular formula is C17H30N2O2. The first-order valence-electron chi connectivity index (χ1n) is 8.92. The van der Waals surface area contributed by atoms with Crippen molar-refractivity contribution in [1.82, 2.24) is 10.2 Å². The van der Waals surface area contributed by atoms with Crippen molar-refractivity contribution in [2.24, 2.45) is 11.8 Å². The maximum absolute atomic E-state index is 12.2. The lowest BCUT2D eigenvalue weighted by Gasteiger charge is -2.35. The summed E-state index contributed by atoms with van der Waals surface area (Å²) in [4.78, 5) is 14.8. The first kappa shape index (κ1) is 15.3. The van der Waals surface area contributed by atoms with E-state index in [1.54, 1.807) is 0 Å². The van der Waals surface area contributed by atoms with Gasteiger partial charge in [-0.3, -0.25) is 9.69 Å². The predicted octanol–water partition coefficient (Wildman–Crippen LogP) is 2.18. The number of amides is 1. The van der Waals surface area contributed by atoms with E-state index in [1.165, 1.54) is 51.6 Å². The van der Waals surface area contributed by atoms with Crippen LogP contribution in [0.4, 0.5) is 0 Å². The van der Waals surface area contributed by atoms with Crippen molar-refractivity contribution in [2.75, 3.05) is 32.8 Å².